The molecular formula is C20H32N4O4S. The number of carbonyl (C=O) groups excluding carboxylic acids is 1. The van der Waals surface area contributed by atoms with Crippen LogP contribution in [-0.4, -0.2) is 81.3 Å². The fourth-order valence-corrected chi connectivity index (χ4v) is 4.98. The molecule has 1 N–H and O–H groups in total. The van der Waals surface area contributed by atoms with Crippen molar-refractivity contribution in [2.24, 2.45) is 5.92 Å². The second-order valence-electron chi connectivity index (χ2n) is 7.91. The maximum absolute atomic E-state index is 12.6. The van der Waals surface area contributed by atoms with Gasteiger partial charge in [0.2, 0.25) is 5.91 Å². The minimum Gasteiger partial charge on any atom is -0.379 e. The molecule has 2 saturated heterocycles. The molecule has 0 aliphatic carbocycles. The zero-order chi connectivity index (χ0) is 20.9. The molecule has 29 heavy (non-hydrogen) atoms. The van der Waals surface area contributed by atoms with E-state index in [9.17, 15) is 13.2 Å². The standard InChI is InChI=1S/C20H32N4O4S/c1-22(2)29(26,27)24-8-4-7-19(16-24)20(25)21-14-17-5-3-6-18(13-17)15-23-9-11-28-12-10-23/h3,5-6,13,19H,4,7-12,14-16H2,1-2H3,(H,21,25)/t19-/m1/s1. The number of amides is 1. The van der Waals surface area contributed by atoms with Gasteiger partial charge in [0, 0.05) is 53.4 Å². The summed E-state index contributed by atoms with van der Waals surface area (Å²) >= 11 is 0. The van der Waals surface area contributed by atoms with Crippen LogP contribution in [0.25, 0.3) is 0 Å². The van der Waals surface area contributed by atoms with Crippen LogP contribution in [0.3, 0.4) is 0 Å². The molecule has 0 unspecified atom stereocenters. The predicted octanol–water partition coefficient (Wildman–Crippen LogP) is 0.653. The Labute approximate surface area is 174 Å². The van der Waals surface area contributed by atoms with Crippen LogP contribution >= 0.6 is 0 Å². The number of morpholine rings is 1. The van der Waals surface area contributed by atoms with Crippen LogP contribution in [0.1, 0.15) is 24.0 Å². The lowest BCUT2D eigenvalue weighted by Crippen LogP contribution is -2.48. The summed E-state index contributed by atoms with van der Waals surface area (Å²) < 4.78 is 32.7. The topological polar surface area (TPSA) is 82.2 Å². The second kappa shape index (κ2) is 9.99. The van der Waals surface area contributed by atoms with Crippen LogP contribution in [0.4, 0.5) is 0 Å². The van der Waals surface area contributed by atoms with E-state index in [1.165, 1.54) is 28.3 Å². The van der Waals surface area contributed by atoms with Gasteiger partial charge in [-0.1, -0.05) is 24.3 Å². The van der Waals surface area contributed by atoms with Gasteiger partial charge < -0.3 is 10.1 Å². The molecule has 3 rings (SSSR count). The van der Waals surface area contributed by atoms with E-state index in [1.807, 2.05) is 12.1 Å². The first-order chi connectivity index (χ1) is 13.9. The van der Waals surface area contributed by atoms with E-state index >= 15 is 0 Å². The van der Waals surface area contributed by atoms with Crippen LogP contribution in [0.2, 0.25) is 0 Å². The number of piperidine rings is 1. The Hall–Kier alpha value is -1.52. The first-order valence-electron chi connectivity index (χ1n) is 10.2. The number of rotatable bonds is 7. The van der Waals surface area contributed by atoms with E-state index in [4.69, 9.17) is 4.74 Å². The summed E-state index contributed by atoms with van der Waals surface area (Å²) in [7, 11) is -0.447. The van der Waals surface area contributed by atoms with E-state index in [2.05, 4.69) is 22.3 Å². The second-order valence-corrected chi connectivity index (χ2v) is 10.1. The highest BCUT2D eigenvalue weighted by Gasteiger charge is 2.33. The molecule has 1 aromatic carbocycles. The van der Waals surface area contributed by atoms with Gasteiger partial charge in [-0.05, 0) is 24.0 Å². The highest BCUT2D eigenvalue weighted by molar-refractivity contribution is 7.86. The average molecular weight is 425 g/mol. The molecule has 1 amide bonds. The SMILES string of the molecule is CN(C)S(=O)(=O)N1CCC[C@@H](C(=O)NCc2cccc(CN3CCOCC3)c2)C1. The van der Waals surface area contributed by atoms with Crippen molar-refractivity contribution in [3.8, 4) is 0 Å². The third-order valence-corrected chi connectivity index (χ3v) is 7.42. The zero-order valence-electron chi connectivity index (χ0n) is 17.3. The Morgan fingerprint density at radius 2 is 1.93 bits per heavy atom. The summed E-state index contributed by atoms with van der Waals surface area (Å²) in [6.45, 7) is 5.47. The van der Waals surface area contributed by atoms with Gasteiger partial charge in [-0.25, -0.2) is 0 Å². The van der Waals surface area contributed by atoms with Crippen molar-refractivity contribution in [2.45, 2.75) is 25.9 Å². The van der Waals surface area contributed by atoms with Crippen molar-refractivity contribution in [1.82, 2.24) is 18.8 Å². The van der Waals surface area contributed by atoms with Crippen molar-refractivity contribution in [3.63, 3.8) is 0 Å². The molecule has 2 heterocycles. The summed E-state index contributed by atoms with van der Waals surface area (Å²) in [6, 6.07) is 8.25. The van der Waals surface area contributed by atoms with Crippen molar-refractivity contribution < 1.29 is 17.9 Å². The number of hydrogen-bond donors (Lipinski definition) is 1. The summed E-state index contributed by atoms with van der Waals surface area (Å²) in [5.74, 6) is -0.391. The number of nitrogens with one attached hydrogen (secondary N) is 1. The fourth-order valence-electron chi connectivity index (χ4n) is 3.79. The van der Waals surface area contributed by atoms with Crippen LogP contribution in [-0.2, 0) is 32.8 Å². The summed E-state index contributed by atoms with van der Waals surface area (Å²) in [5.41, 5.74) is 2.28. The Kier molecular flexibility index (Phi) is 7.64. The largest absolute Gasteiger partial charge is 0.379 e. The average Bonchev–Trinajstić information content (AvgIpc) is 2.73. The van der Waals surface area contributed by atoms with Gasteiger partial charge in [0.1, 0.15) is 0 Å². The van der Waals surface area contributed by atoms with Crippen LogP contribution < -0.4 is 5.32 Å². The van der Waals surface area contributed by atoms with Crippen LogP contribution in [0.15, 0.2) is 24.3 Å². The minimum atomic E-state index is -3.48. The molecule has 2 aliphatic rings. The summed E-state index contributed by atoms with van der Waals surface area (Å²) in [6.07, 6.45) is 1.41. The van der Waals surface area contributed by atoms with E-state index < -0.39 is 10.2 Å². The number of benzene rings is 1. The van der Waals surface area contributed by atoms with Gasteiger partial charge in [0.25, 0.3) is 10.2 Å². The predicted molar refractivity (Wildman–Crippen MR) is 111 cm³/mol. The van der Waals surface area contributed by atoms with Gasteiger partial charge in [-0.15, -0.1) is 0 Å². The molecule has 1 atom stereocenters. The van der Waals surface area contributed by atoms with Gasteiger partial charge in [-0.3, -0.25) is 9.69 Å². The highest BCUT2D eigenvalue weighted by atomic mass is 32.2. The normalized spacial score (nSPS) is 22.0. The maximum Gasteiger partial charge on any atom is 0.281 e. The number of hydrogen-bond acceptors (Lipinski definition) is 5. The first kappa shape index (κ1) is 22.2. The molecule has 0 radical (unpaired) electrons. The van der Waals surface area contributed by atoms with Crippen molar-refractivity contribution >= 4 is 16.1 Å². The zero-order valence-corrected chi connectivity index (χ0v) is 18.2. The van der Waals surface area contributed by atoms with E-state index in [0.29, 0.717) is 25.9 Å². The Bertz CT molecular complexity index is 793. The lowest BCUT2D eigenvalue weighted by Gasteiger charge is -2.32. The first-order valence-corrected chi connectivity index (χ1v) is 11.6. The molecule has 0 bridgehead atoms. The summed E-state index contributed by atoms with van der Waals surface area (Å²) in [5, 5.41) is 2.99. The lowest BCUT2D eigenvalue weighted by atomic mass is 9.98. The Morgan fingerprint density at radius 1 is 1.21 bits per heavy atom. The highest BCUT2D eigenvalue weighted by Crippen LogP contribution is 2.20. The summed E-state index contributed by atoms with van der Waals surface area (Å²) in [4.78, 5) is 15.0. The van der Waals surface area contributed by atoms with Crippen LogP contribution in [0.5, 0.6) is 0 Å². The number of ether oxygens (including phenoxy) is 1. The quantitative estimate of drug-likeness (QED) is 0.695. The Morgan fingerprint density at radius 3 is 2.66 bits per heavy atom. The molecule has 2 aliphatic heterocycles. The molecule has 0 aromatic heterocycles. The van der Waals surface area contributed by atoms with Crippen LogP contribution in [0, 0.1) is 5.92 Å². The van der Waals surface area contributed by atoms with Gasteiger partial charge in [0.15, 0.2) is 0 Å². The number of carbonyl (C=O) groups is 1. The van der Waals surface area contributed by atoms with E-state index in [0.717, 1.165) is 38.4 Å². The Balaban J connectivity index is 1.53. The molecule has 2 fully saturated rings. The van der Waals surface area contributed by atoms with E-state index in [1.54, 1.807) is 0 Å². The van der Waals surface area contributed by atoms with Crippen molar-refractivity contribution in [2.75, 3.05) is 53.5 Å². The molecule has 1 aromatic rings. The molecule has 0 saturated carbocycles. The number of nitrogens with zero attached hydrogens (tertiary/aromatic N) is 3. The van der Waals surface area contributed by atoms with Gasteiger partial charge >= 0.3 is 0 Å². The molecule has 0 spiro atoms. The van der Waals surface area contributed by atoms with Crippen molar-refractivity contribution in [3.05, 3.63) is 35.4 Å². The fraction of sp³-hybridized carbons (Fsp3) is 0.650. The molecule has 9 heteroatoms. The maximum atomic E-state index is 12.6. The molecular weight excluding hydrogens is 392 g/mol. The third kappa shape index (κ3) is 5.99. The van der Waals surface area contributed by atoms with Crippen molar-refractivity contribution in [1.29, 1.82) is 0 Å². The lowest BCUT2D eigenvalue weighted by molar-refractivity contribution is -0.126. The molecule has 162 valence electrons. The monoisotopic (exact) mass is 424 g/mol. The third-order valence-electron chi connectivity index (χ3n) is 5.51. The van der Waals surface area contributed by atoms with Gasteiger partial charge in [0.05, 0.1) is 19.1 Å². The smallest absolute Gasteiger partial charge is 0.281 e. The van der Waals surface area contributed by atoms with Gasteiger partial charge in [-0.2, -0.15) is 17.0 Å². The van der Waals surface area contributed by atoms with E-state index in [-0.39, 0.29) is 18.4 Å². The molecule has 8 nitrogen and oxygen atoms in total. The minimum absolute atomic E-state index is 0.0813.